The second kappa shape index (κ2) is 9.73. The van der Waals surface area contributed by atoms with E-state index in [9.17, 15) is 4.79 Å². The van der Waals surface area contributed by atoms with E-state index in [0.717, 1.165) is 22.6 Å². The highest BCUT2D eigenvalue weighted by molar-refractivity contribution is 8.00. The molecule has 0 aliphatic heterocycles. The van der Waals surface area contributed by atoms with Gasteiger partial charge in [0.25, 0.3) is 0 Å². The van der Waals surface area contributed by atoms with Crippen LogP contribution in [0, 0.1) is 13.8 Å². The van der Waals surface area contributed by atoms with Gasteiger partial charge in [-0.2, -0.15) is 0 Å². The van der Waals surface area contributed by atoms with Gasteiger partial charge in [0.1, 0.15) is 12.4 Å². The van der Waals surface area contributed by atoms with E-state index in [4.69, 9.17) is 16.3 Å². The average molecular weight is 378 g/mol. The Kier molecular flexibility index (Phi) is 7.66. The van der Waals surface area contributed by atoms with Gasteiger partial charge in [0, 0.05) is 9.92 Å². The van der Waals surface area contributed by atoms with Gasteiger partial charge in [0.15, 0.2) is 0 Å². The van der Waals surface area contributed by atoms with Gasteiger partial charge in [0.2, 0.25) is 5.91 Å². The van der Waals surface area contributed by atoms with Gasteiger partial charge in [-0.15, -0.1) is 11.8 Å². The molecule has 2 aromatic rings. The van der Waals surface area contributed by atoms with E-state index in [2.05, 4.69) is 18.3 Å². The van der Waals surface area contributed by atoms with Crippen LogP contribution in [0.25, 0.3) is 0 Å². The summed E-state index contributed by atoms with van der Waals surface area (Å²) in [6.45, 7) is 7.06. The zero-order chi connectivity index (χ0) is 18.2. The minimum absolute atomic E-state index is 0.0343. The minimum atomic E-state index is -0.123. The number of hydrogen-bond donors (Lipinski definition) is 1. The van der Waals surface area contributed by atoms with Gasteiger partial charge in [-0.25, -0.2) is 0 Å². The number of carbonyl (C=O) groups excluding carboxylic acids is 1. The molecule has 0 fully saturated rings. The van der Waals surface area contributed by atoms with E-state index in [0.29, 0.717) is 18.2 Å². The van der Waals surface area contributed by atoms with Crippen LogP contribution in [0.1, 0.15) is 24.5 Å². The Morgan fingerprint density at radius 1 is 1.20 bits per heavy atom. The zero-order valence-electron chi connectivity index (χ0n) is 14.8. The summed E-state index contributed by atoms with van der Waals surface area (Å²) < 4.78 is 5.78. The highest BCUT2D eigenvalue weighted by atomic mass is 35.5. The lowest BCUT2D eigenvalue weighted by atomic mass is 10.1. The number of ether oxygens (including phenoxy) is 1. The normalized spacial score (nSPS) is 11.8. The third-order valence-corrected chi connectivity index (χ3v) is 5.60. The topological polar surface area (TPSA) is 38.3 Å². The molecule has 0 spiro atoms. The predicted molar refractivity (Wildman–Crippen MR) is 106 cm³/mol. The molecule has 2 aromatic carbocycles. The summed E-state index contributed by atoms with van der Waals surface area (Å²) in [7, 11) is 0. The fourth-order valence-electron chi connectivity index (χ4n) is 2.33. The maximum Gasteiger partial charge on any atom is 0.233 e. The van der Waals surface area contributed by atoms with Crippen molar-refractivity contribution in [3.05, 3.63) is 58.6 Å². The molecule has 1 N–H and O–H groups in total. The third kappa shape index (κ3) is 5.98. The van der Waals surface area contributed by atoms with Gasteiger partial charge >= 0.3 is 0 Å². The first kappa shape index (κ1) is 19.7. The van der Waals surface area contributed by atoms with Crippen molar-refractivity contribution in [2.45, 2.75) is 37.3 Å². The van der Waals surface area contributed by atoms with Crippen LogP contribution >= 0.6 is 23.4 Å². The molecule has 1 amide bonds. The molecule has 0 saturated heterocycles. The van der Waals surface area contributed by atoms with Gasteiger partial charge in [-0.05, 0) is 61.7 Å². The molecule has 0 aliphatic rings. The van der Waals surface area contributed by atoms with E-state index >= 15 is 0 Å². The quantitative estimate of drug-likeness (QED) is 0.518. The Bertz CT molecular complexity index is 703. The molecule has 25 heavy (non-hydrogen) atoms. The predicted octanol–water partition coefficient (Wildman–Crippen LogP) is 5.02. The average Bonchev–Trinajstić information content (AvgIpc) is 2.61. The summed E-state index contributed by atoms with van der Waals surface area (Å²) >= 11 is 7.45. The molecule has 5 heteroatoms. The van der Waals surface area contributed by atoms with Crippen LogP contribution in [0.4, 0.5) is 0 Å². The smallest absolute Gasteiger partial charge is 0.233 e. The van der Waals surface area contributed by atoms with Crippen molar-refractivity contribution in [2.24, 2.45) is 0 Å². The van der Waals surface area contributed by atoms with Crippen molar-refractivity contribution in [3.63, 3.8) is 0 Å². The zero-order valence-corrected chi connectivity index (χ0v) is 16.4. The van der Waals surface area contributed by atoms with E-state index < -0.39 is 0 Å². The Balaban J connectivity index is 1.79. The minimum Gasteiger partial charge on any atom is -0.491 e. The molecule has 0 heterocycles. The number of aryl methyl sites for hydroxylation is 1. The monoisotopic (exact) mass is 377 g/mol. The van der Waals surface area contributed by atoms with Gasteiger partial charge in [-0.1, -0.05) is 30.7 Å². The number of nitrogens with one attached hydrogen (secondary N) is 1. The number of thioether (sulfide) groups is 1. The van der Waals surface area contributed by atoms with Gasteiger partial charge < -0.3 is 10.1 Å². The molecule has 2 rings (SSSR count). The number of carbonyl (C=O) groups is 1. The lowest BCUT2D eigenvalue weighted by molar-refractivity contribution is -0.120. The van der Waals surface area contributed by atoms with Crippen molar-refractivity contribution >= 4 is 29.3 Å². The molecule has 1 unspecified atom stereocenters. The summed E-state index contributed by atoms with van der Waals surface area (Å²) in [4.78, 5) is 13.4. The first-order valence-electron chi connectivity index (χ1n) is 8.40. The van der Waals surface area contributed by atoms with Crippen LogP contribution < -0.4 is 10.1 Å². The van der Waals surface area contributed by atoms with Crippen molar-refractivity contribution < 1.29 is 9.53 Å². The molecular weight excluding hydrogens is 354 g/mol. The Morgan fingerprint density at radius 3 is 2.60 bits per heavy atom. The van der Waals surface area contributed by atoms with E-state index in [1.807, 2.05) is 50.2 Å². The molecule has 0 saturated carbocycles. The van der Waals surface area contributed by atoms with Crippen LogP contribution in [0.3, 0.4) is 0 Å². The highest BCUT2D eigenvalue weighted by Gasteiger charge is 2.17. The maximum atomic E-state index is 12.4. The third-order valence-electron chi connectivity index (χ3n) is 3.97. The number of benzene rings is 2. The molecule has 3 nitrogen and oxygen atoms in total. The van der Waals surface area contributed by atoms with Crippen LogP contribution in [0.15, 0.2) is 47.4 Å². The van der Waals surface area contributed by atoms with Gasteiger partial charge in [-0.3, -0.25) is 4.79 Å². The summed E-state index contributed by atoms with van der Waals surface area (Å²) in [5, 5.41) is 3.54. The number of hydrogen-bond acceptors (Lipinski definition) is 3. The number of amides is 1. The first-order chi connectivity index (χ1) is 12.0. The largest absolute Gasteiger partial charge is 0.491 e. The molecule has 134 valence electrons. The molecule has 0 radical (unpaired) electrons. The number of rotatable bonds is 8. The Morgan fingerprint density at radius 2 is 1.92 bits per heavy atom. The van der Waals surface area contributed by atoms with Crippen molar-refractivity contribution in [1.82, 2.24) is 5.32 Å². The second-order valence-electron chi connectivity index (χ2n) is 5.81. The van der Waals surface area contributed by atoms with Gasteiger partial charge in [0.05, 0.1) is 11.8 Å². The van der Waals surface area contributed by atoms with Crippen LogP contribution in [0.5, 0.6) is 5.75 Å². The second-order valence-corrected chi connectivity index (χ2v) is 7.52. The van der Waals surface area contributed by atoms with E-state index in [1.165, 1.54) is 5.56 Å². The Hall–Kier alpha value is -1.65. The molecular formula is C20H24ClNO2S. The lowest BCUT2D eigenvalue weighted by Crippen LogP contribution is -2.35. The Labute approximate surface area is 159 Å². The molecule has 1 atom stereocenters. The lowest BCUT2D eigenvalue weighted by Gasteiger charge is -2.15. The van der Waals surface area contributed by atoms with Crippen molar-refractivity contribution in [1.29, 1.82) is 0 Å². The molecule has 0 aliphatic carbocycles. The summed E-state index contributed by atoms with van der Waals surface area (Å²) in [5.41, 5.74) is 2.34. The highest BCUT2D eigenvalue weighted by Crippen LogP contribution is 2.26. The van der Waals surface area contributed by atoms with Crippen molar-refractivity contribution in [2.75, 3.05) is 13.2 Å². The first-order valence-corrected chi connectivity index (χ1v) is 9.66. The van der Waals surface area contributed by atoms with E-state index in [-0.39, 0.29) is 11.2 Å². The van der Waals surface area contributed by atoms with Crippen LogP contribution in [0.2, 0.25) is 5.02 Å². The standard InChI is InChI=1S/C20H24ClNO2S/c1-4-19(25-17-10-8-16(21)9-11-17)20(23)22-12-13-24-18-7-5-6-14(2)15(18)3/h5-11,19H,4,12-13H2,1-3H3,(H,22,23). The summed E-state index contributed by atoms with van der Waals surface area (Å²) in [6.07, 6.45) is 0.761. The fourth-order valence-corrected chi connectivity index (χ4v) is 3.43. The van der Waals surface area contributed by atoms with E-state index in [1.54, 1.807) is 11.8 Å². The summed E-state index contributed by atoms with van der Waals surface area (Å²) in [6, 6.07) is 13.5. The SMILES string of the molecule is CCC(Sc1ccc(Cl)cc1)C(=O)NCCOc1cccc(C)c1C. The maximum absolute atomic E-state index is 12.4. The number of halogens is 1. The fraction of sp³-hybridized carbons (Fsp3) is 0.350. The van der Waals surface area contributed by atoms with Crippen LogP contribution in [-0.4, -0.2) is 24.3 Å². The summed E-state index contributed by atoms with van der Waals surface area (Å²) in [5.74, 6) is 0.906. The van der Waals surface area contributed by atoms with Crippen molar-refractivity contribution in [3.8, 4) is 5.75 Å². The molecule has 0 bridgehead atoms. The molecule has 0 aromatic heterocycles. The van der Waals surface area contributed by atoms with Crippen LogP contribution in [-0.2, 0) is 4.79 Å².